The van der Waals surface area contributed by atoms with Crippen molar-refractivity contribution in [2.75, 3.05) is 0 Å². The molecule has 0 fully saturated rings. The Morgan fingerprint density at radius 2 is 2.10 bits per heavy atom. The second-order valence-corrected chi connectivity index (χ2v) is 7.11. The van der Waals surface area contributed by atoms with E-state index in [1.165, 1.54) is 18.3 Å². The summed E-state index contributed by atoms with van der Waals surface area (Å²) in [5.41, 5.74) is -0.173. The molecule has 0 amide bonds. The summed E-state index contributed by atoms with van der Waals surface area (Å²) in [6.07, 6.45) is 0. The van der Waals surface area contributed by atoms with Crippen molar-refractivity contribution < 1.29 is 23.4 Å². The highest BCUT2D eigenvalue weighted by Crippen LogP contribution is 2.25. The van der Waals surface area contributed by atoms with Gasteiger partial charge >= 0.3 is 5.97 Å². The number of carboxylic acids is 1. The van der Waals surface area contributed by atoms with Crippen molar-refractivity contribution in [2.45, 2.75) is 18.4 Å². The molecule has 0 spiro atoms. The number of hydrogen-bond acceptors (Lipinski definition) is 5. The van der Waals surface area contributed by atoms with Crippen LogP contribution in [0.2, 0.25) is 0 Å². The minimum atomic E-state index is -3.86. The minimum absolute atomic E-state index is 0.128. The second kappa shape index (κ2) is 5.84. The summed E-state index contributed by atoms with van der Waals surface area (Å²) in [4.78, 5) is 11.7. The average molecular weight is 327 g/mol. The number of aryl methyl sites for hydroxylation is 1. The highest BCUT2D eigenvalue weighted by molar-refractivity contribution is 7.89. The van der Waals surface area contributed by atoms with Crippen LogP contribution in [0.15, 0.2) is 34.5 Å². The van der Waals surface area contributed by atoms with Crippen LogP contribution in [-0.2, 0) is 16.6 Å². The summed E-state index contributed by atoms with van der Waals surface area (Å²) >= 11 is 1.41. The molecule has 0 aliphatic carbocycles. The first-order valence-electron chi connectivity index (χ1n) is 5.90. The maximum Gasteiger partial charge on any atom is 0.339 e. The van der Waals surface area contributed by atoms with Gasteiger partial charge in [-0.05, 0) is 36.1 Å². The number of benzene rings is 1. The van der Waals surface area contributed by atoms with Gasteiger partial charge in [-0.25, -0.2) is 17.9 Å². The van der Waals surface area contributed by atoms with Gasteiger partial charge in [0.15, 0.2) is 0 Å². The van der Waals surface area contributed by atoms with E-state index in [9.17, 15) is 18.3 Å². The lowest BCUT2D eigenvalue weighted by atomic mass is 10.1. The minimum Gasteiger partial charge on any atom is -0.507 e. The van der Waals surface area contributed by atoms with Crippen LogP contribution in [-0.4, -0.2) is 24.6 Å². The molecule has 1 aromatic carbocycles. The molecule has 0 aliphatic rings. The Hall–Kier alpha value is -1.90. The Morgan fingerprint density at radius 1 is 1.38 bits per heavy atom. The second-order valence-electron chi connectivity index (χ2n) is 4.34. The maximum atomic E-state index is 12.3. The lowest BCUT2D eigenvalue weighted by Crippen LogP contribution is -2.24. The molecule has 0 bridgehead atoms. The van der Waals surface area contributed by atoms with E-state index in [2.05, 4.69) is 4.72 Å². The standard InChI is InChI=1S/C13H13NO5S2/c1-8-5-11(15)10(13(16)17)6-12(8)21(18,19)14-7-9-3-2-4-20-9/h2-6,14-15H,7H2,1H3,(H,16,17). The topological polar surface area (TPSA) is 104 Å². The summed E-state index contributed by atoms with van der Waals surface area (Å²) < 4.78 is 26.9. The molecule has 112 valence electrons. The van der Waals surface area contributed by atoms with Crippen molar-refractivity contribution in [3.63, 3.8) is 0 Å². The summed E-state index contributed by atoms with van der Waals surface area (Å²) in [5.74, 6) is -1.85. The fourth-order valence-electron chi connectivity index (χ4n) is 1.79. The van der Waals surface area contributed by atoms with E-state index in [1.807, 2.05) is 11.4 Å². The zero-order chi connectivity index (χ0) is 15.6. The molecule has 1 aromatic heterocycles. The molecule has 0 aliphatic heterocycles. The van der Waals surface area contributed by atoms with Gasteiger partial charge < -0.3 is 10.2 Å². The number of sulfonamides is 1. The van der Waals surface area contributed by atoms with Gasteiger partial charge in [-0.1, -0.05) is 6.07 Å². The zero-order valence-corrected chi connectivity index (χ0v) is 12.7. The normalized spacial score (nSPS) is 11.5. The smallest absolute Gasteiger partial charge is 0.339 e. The van der Waals surface area contributed by atoms with Crippen molar-refractivity contribution in [1.82, 2.24) is 4.72 Å². The molecule has 2 aromatic rings. The molecular formula is C13H13NO5S2. The lowest BCUT2D eigenvalue weighted by molar-refractivity contribution is 0.0693. The predicted molar refractivity (Wildman–Crippen MR) is 78.1 cm³/mol. The van der Waals surface area contributed by atoms with Crippen molar-refractivity contribution >= 4 is 27.3 Å². The van der Waals surface area contributed by atoms with Gasteiger partial charge in [0, 0.05) is 11.4 Å². The average Bonchev–Trinajstić information content (AvgIpc) is 2.88. The number of hydrogen-bond donors (Lipinski definition) is 3. The van der Waals surface area contributed by atoms with Crippen LogP contribution >= 0.6 is 11.3 Å². The van der Waals surface area contributed by atoms with Gasteiger partial charge in [0.05, 0.1) is 4.90 Å². The van der Waals surface area contributed by atoms with Gasteiger partial charge in [-0.3, -0.25) is 0 Å². The molecule has 21 heavy (non-hydrogen) atoms. The van der Waals surface area contributed by atoms with E-state index in [0.717, 1.165) is 17.0 Å². The third kappa shape index (κ3) is 3.41. The molecule has 0 saturated carbocycles. The number of carboxylic acid groups (broad SMARTS) is 1. The molecule has 0 unspecified atom stereocenters. The Labute approximate surface area is 125 Å². The molecule has 8 heteroatoms. The first-order valence-corrected chi connectivity index (χ1v) is 8.26. The first kappa shape index (κ1) is 15.5. The molecule has 3 N–H and O–H groups in total. The van der Waals surface area contributed by atoms with Crippen LogP contribution in [0, 0.1) is 6.92 Å². The van der Waals surface area contributed by atoms with Gasteiger partial charge in [0.25, 0.3) is 0 Å². The fraction of sp³-hybridized carbons (Fsp3) is 0.154. The summed E-state index contributed by atoms with van der Waals surface area (Å²) in [6, 6.07) is 5.69. The number of thiophene rings is 1. The zero-order valence-electron chi connectivity index (χ0n) is 11.0. The van der Waals surface area contributed by atoms with Crippen molar-refractivity contribution in [2.24, 2.45) is 0 Å². The predicted octanol–water partition coefficient (Wildman–Crippen LogP) is 1.94. The fourth-order valence-corrected chi connectivity index (χ4v) is 3.78. The molecule has 1 heterocycles. The highest BCUT2D eigenvalue weighted by Gasteiger charge is 2.21. The van der Waals surface area contributed by atoms with Crippen molar-refractivity contribution in [3.05, 3.63) is 45.6 Å². The third-order valence-corrected chi connectivity index (χ3v) is 5.25. The summed E-state index contributed by atoms with van der Waals surface area (Å²) in [5, 5.41) is 20.3. The Morgan fingerprint density at radius 3 is 2.67 bits per heavy atom. The summed E-state index contributed by atoms with van der Waals surface area (Å²) in [6.45, 7) is 1.62. The third-order valence-electron chi connectivity index (χ3n) is 2.83. The molecule has 0 saturated heterocycles. The molecule has 0 radical (unpaired) electrons. The first-order chi connectivity index (χ1) is 9.81. The number of nitrogens with one attached hydrogen (secondary N) is 1. The molecular weight excluding hydrogens is 314 g/mol. The molecule has 0 atom stereocenters. The Bertz CT molecular complexity index is 766. The van der Waals surface area contributed by atoms with Gasteiger partial charge in [0.2, 0.25) is 10.0 Å². The van der Waals surface area contributed by atoms with Crippen LogP contribution in [0.3, 0.4) is 0 Å². The van der Waals surface area contributed by atoms with Crippen LogP contribution in [0.1, 0.15) is 20.8 Å². The van der Waals surface area contributed by atoms with E-state index in [-0.39, 0.29) is 17.0 Å². The number of aromatic carboxylic acids is 1. The maximum absolute atomic E-state index is 12.3. The van der Waals surface area contributed by atoms with E-state index >= 15 is 0 Å². The van der Waals surface area contributed by atoms with Gasteiger partial charge in [0.1, 0.15) is 11.3 Å². The van der Waals surface area contributed by atoms with Crippen LogP contribution < -0.4 is 4.72 Å². The molecule has 6 nitrogen and oxygen atoms in total. The number of carbonyl (C=O) groups is 1. The van der Waals surface area contributed by atoms with Gasteiger partial charge in [-0.2, -0.15) is 0 Å². The van der Waals surface area contributed by atoms with E-state index in [1.54, 1.807) is 6.07 Å². The Balaban J connectivity index is 2.35. The van der Waals surface area contributed by atoms with E-state index in [0.29, 0.717) is 0 Å². The van der Waals surface area contributed by atoms with Crippen molar-refractivity contribution in [1.29, 1.82) is 0 Å². The monoisotopic (exact) mass is 327 g/mol. The van der Waals surface area contributed by atoms with Gasteiger partial charge in [-0.15, -0.1) is 11.3 Å². The van der Waals surface area contributed by atoms with E-state index < -0.39 is 27.3 Å². The van der Waals surface area contributed by atoms with Crippen LogP contribution in [0.4, 0.5) is 0 Å². The summed E-state index contributed by atoms with van der Waals surface area (Å²) in [7, 11) is -3.86. The van der Waals surface area contributed by atoms with Crippen molar-refractivity contribution in [3.8, 4) is 5.75 Å². The quantitative estimate of drug-likeness (QED) is 0.778. The number of phenols is 1. The lowest BCUT2D eigenvalue weighted by Gasteiger charge is -2.10. The SMILES string of the molecule is Cc1cc(O)c(C(=O)O)cc1S(=O)(=O)NCc1cccs1. The number of aromatic hydroxyl groups is 1. The highest BCUT2D eigenvalue weighted by atomic mass is 32.2. The molecule has 2 rings (SSSR count). The number of rotatable bonds is 5. The van der Waals surface area contributed by atoms with Crippen LogP contribution in [0.25, 0.3) is 0 Å². The largest absolute Gasteiger partial charge is 0.507 e. The van der Waals surface area contributed by atoms with E-state index in [4.69, 9.17) is 5.11 Å². The Kier molecular flexibility index (Phi) is 4.31. The van der Waals surface area contributed by atoms with Crippen LogP contribution in [0.5, 0.6) is 5.75 Å².